The van der Waals surface area contributed by atoms with Crippen LogP contribution in [0.5, 0.6) is 0 Å². The van der Waals surface area contributed by atoms with Crippen LogP contribution in [0, 0.1) is 6.92 Å². The number of nitrogens with zero attached hydrogens (tertiary/aromatic N) is 2. The van der Waals surface area contributed by atoms with E-state index in [0.717, 1.165) is 36.7 Å². The predicted molar refractivity (Wildman–Crippen MR) is 73.3 cm³/mol. The Balaban J connectivity index is 2.01. The van der Waals surface area contributed by atoms with E-state index in [1.54, 1.807) is 0 Å². The van der Waals surface area contributed by atoms with Crippen molar-refractivity contribution in [3.63, 3.8) is 0 Å². The number of nitrogens with two attached hydrogens (primary N) is 1. The van der Waals surface area contributed by atoms with Crippen molar-refractivity contribution in [1.29, 1.82) is 0 Å². The van der Waals surface area contributed by atoms with Gasteiger partial charge in [-0.2, -0.15) is 0 Å². The number of aryl methyl sites for hydroxylation is 1. The molecule has 1 aromatic heterocycles. The Labute approximate surface area is 110 Å². The molecule has 18 heavy (non-hydrogen) atoms. The van der Waals surface area contributed by atoms with Gasteiger partial charge in [0.25, 0.3) is 0 Å². The molecule has 2 heterocycles. The molecule has 1 fully saturated rings. The molecule has 0 spiro atoms. The first-order valence-electron chi connectivity index (χ1n) is 6.73. The van der Waals surface area contributed by atoms with Gasteiger partial charge in [-0.25, -0.2) is 0 Å². The maximum Gasteiger partial charge on any atom is 0.118 e. The molecule has 0 radical (unpaired) electrons. The average molecular weight is 251 g/mol. The molecule has 2 unspecified atom stereocenters. The fourth-order valence-electron chi connectivity index (χ4n) is 2.73. The lowest BCUT2D eigenvalue weighted by molar-refractivity contribution is 0.0517. The standard InChI is InChI=1S/C14H25N3O/c1-10-7-17(8-11(2)16(10)4)9-14-5-13(6-15)12(3)18-14/h5,10-11H,6-9,15H2,1-4H3. The van der Waals surface area contributed by atoms with Crippen LogP contribution in [0.2, 0.25) is 0 Å². The van der Waals surface area contributed by atoms with E-state index in [0.29, 0.717) is 18.6 Å². The average Bonchev–Trinajstić information content (AvgIpc) is 2.66. The van der Waals surface area contributed by atoms with E-state index in [2.05, 4.69) is 36.8 Å². The van der Waals surface area contributed by atoms with Gasteiger partial charge in [-0.05, 0) is 33.9 Å². The number of rotatable bonds is 3. The van der Waals surface area contributed by atoms with Crippen molar-refractivity contribution in [2.24, 2.45) is 5.73 Å². The van der Waals surface area contributed by atoms with Gasteiger partial charge in [0, 0.05) is 37.3 Å². The van der Waals surface area contributed by atoms with Gasteiger partial charge in [0.05, 0.1) is 6.54 Å². The Hall–Kier alpha value is -0.840. The first-order chi connectivity index (χ1) is 8.51. The summed E-state index contributed by atoms with van der Waals surface area (Å²) < 4.78 is 5.77. The van der Waals surface area contributed by atoms with Gasteiger partial charge in [0.1, 0.15) is 11.5 Å². The smallest absolute Gasteiger partial charge is 0.118 e. The van der Waals surface area contributed by atoms with E-state index in [-0.39, 0.29) is 0 Å². The lowest BCUT2D eigenvalue weighted by Gasteiger charge is -2.42. The number of hydrogen-bond donors (Lipinski definition) is 1. The van der Waals surface area contributed by atoms with Crippen LogP contribution < -0.4 is 5.73 Å². The molecule has 4 nitrogen and oxygen atoms in total. The molecule has 0 amide bonds. The Morgan fingerprint density at radius 1 is 1.33 bits per heavy atom. The van der Waals surface area contributed by atoms with Crippen LogP contribution in [-0.4, -0.2) is 42.0 Å². The number of furan rings is 1. The van der Waals surface area contributed by atoms with Crippen molar-refractivity contribution in [3.8, 4) is 0 Å². The van der Waals surface area contributed by atoms with Crippen LogP contribution in [0.15, 0.2) is 10.5 Å². The van der Waals surface area contributed by atoms with Crippen LogP contribution in [0.3, 0.4) is 0 Å². The molecule has 2 N–H and O–H groups in total. The second kappa shape index (κ2) is 5.43. The van der Waals surface area contributed by atoms with E-state index < -0.39 is 0 Å². The van der Waals surface area contributed by atoms with Crippen molar-refractivity contribution in [3.05, 3.63) is 23.2 Å². The minimum atomic E-state index is 0.560. The number of likely N-dealkylation sites (N-methyl/N-ethyl adjacent to an activating group) is 1. The summed E-state index contributed by atoms with van der Waals surface area (Å²) in [6.07, 6.45) is 0. The third-order valence-corrected chi connectivity index (χ3v) is 4.11. The van der Waals surface area contributed by atoms with E-state index >= 15 is 0 Å². The van der Waals surface area contributed by atoms with Crippen molar-refractivity contribution in [2.45, 2.75) is 45.9 Å². The number of hydrogen-bond acceptors (Lipinski definition) is 4. The largest absolute Gasteiger partial charge is 0.465 e. The summed E-state index contributed by atoms with van der Waals surface area (Å²) in [6.45, 7) is 10.2. The molecule has 1 aliphatic rings. The van der Waals surface area contributed by atoms with Gasteiger partial charge in [0.15, 0.2) is 0 Å². The molecule has 2 atom stereocenters. The quantitative estimate of drug-likeness (QED) is 0.886. The SMILES string of the molecule is Cc1oc(CN2CC(C)N(C)C(C)C2)cc1CN. The van der Waals surface area contributed by atoms with Gasteiger partial charge in [0.2, 0.25) is 0 Å². The van der Waals surface area contributed by atoms with Crippen LogP contribution in [0.25, 0.3) is 0 Å². The van der Waals surface area contributed by atoms with Crippen molar-refractivity contribution in [2.75, 3.05) is 20.1 Å². The number of piperazine rings is 1. The van der Waals surface area contributed by atoms with E-state index in [9.17, 15) is 0 Å². The molecule has 4 heteroatoms. The van der Waals surface area contributed by atoms with Gasteiger partial charge < -0.3 is 10.2 Å². The molecule has 1 saturated heterocycles. The lowest BCUT2D eigenvalue weighted by atomic mass is 10.1. The van der Waals surface area contributed by atoms with Crippen molar-refractivity contribution < 1.29 is 4.42 Å². The second-order valence-corrected chi connectivity index (χ2v) is 5.56. The molecule has 0 bridgehead atoms. The zero-order chi connectivity index (χ0) is 13.3. The summed E-state index contributed by atoms with van der Waals surface area (Å²) in [7, 11) is 2.20. The molecule has 0 saturated carbocycles. The minimum absolute atomic E-state index is 0.560. The first-order valence-corrected chi connectivity index (χ1v) is 6.73. The minimum Gasteiger partial charge on any atom is -0.465 e. The van der Waals surface area contributed by atoms with E-state index in [4.69, 9.17) is 10.2 Å². The highest BCUT2D eigenvalue weighted by Crippen LogP contribution is 2.19. The van der Waals surface area contributed by atoms with Gasteiger partial charge >= 0.3 is 0 Å². The Morgan fingerprint density at radius 3 is 2.44 bits per heavy atom. The van der Waals surface area contributed by atoms with Crippen LogP contribution in [-0.2, 0) is 13.1 Å². The van der Waals surface area contributed by atoms with Crippen LogP contribution >= 0.6 is 0 Å². The molecule has 0 aromatic carbocycles. The molecular formula is C14H25N3O. The summed E-state index contributed by atoms with van der Waals surface area (Å²) in [5.74, 6) is 2.00. The molecule has 1 aliphatic heterocycles. The lowest BCUT2D eigenvalue weighted by Crippen LogP contribution is -2.54. The third kappa shape index (κ3) is 2.76. The van der Waals surface area contributed by atoms with Crippen molar-refractivity contribution >= 4 is 0 Å². The summed E-state index contributed by atoms with van der Waals surface area (Å²) >= 11 is 0. The highest BCUT2D eigenvalue weighted by molar-refractivity contribution is 5.20. The van der Waals surface area contributed by atoms with Crippen LogP contribution in [0.4, 0.5) is 0 Å². The van der Waals surface area contributed by atoms with Gasteiger partial charge in [-0.1, -0.05) is 0 Å². The summed E-state index contributed by atoms with van der Waals surface area (Å²) in [5, 5.41) is 0. The topological polar surface area (TPSA) is 45.6 Å². The zero-order valence-electron chi connectivity index (χ0n) is 11.9. The molecule has 102 valence electrons. The highest BCUT2D eigenvalue weighted by Gasteiger charge is 2.26. The fraction of sp³-hybridized carbons (Fsp3) is 0.714. The maximum atomic E-state index is 5.77. The van der Waals surface area contributed by atoms with Gasteiger partial charge in [-0.3, -0.25) is 9.80 Å². The first kappa shape index (κ1) is 13.6. The fourth-order valence-corrected chi connectivity index (χ4v) is 2.73. The van der Waals surface area contributed by atoms with Gasteiger partial charge in [-0.15, -0.1) is 0 Å². The summed E-state index contributed by atoms with van der Waals surface area (Å²) in [4.78, 5) is 4.91. The highest BCUT2D eigenvalue weighted by atomic mass is 16.3. The Morgan fingerprint density at radius 2 is 1.94 bits per heavy atom. The molecule has 0 aliphatic carbocycles. The van der Waals surface area contributed by atoms with Crippen molar-refractivity contribution in [1.82, 2.24) is 9.80 Å². The molecule has 1 aromatic rings. The molecule has 2 rings (SSSR count). The normalized spacial score (nSPS) is 26.7. The predicted octanol–water partition coefficient (Wildman–Crippen LogP) is 1.57. The third-order valence-electron chi connectivity index (χ3n) is 4.11. The summed E-state index contributed by atoms with van der Waals surface area (Å²) in [5.41, 5.74) is 6.80. The Bertz CT molecular complexity index is 390. The van der Waals surface area contributed by atoms with E-state index in [1.165, 1.54) is 0 Å². The maximum absolute atomic E-state index is 5.77. The molecular weight excluding hydrogens is 226 g/mol. The Kier molecular flexibility index (Phi) is 4.10. The van der Waals surface area contributed by atoms with E-state index in [1.807, 2.05) is 6.92 Å². The monoisotopic (exact) mass is 251 g/mol. The summed E-state index contributed by atoms with van der Waals surface area (Å²) in [6, 6.07) is 3.29. The van der Waals surface area contributed by atoms with Crippen LogP contribution in [0.1, 0.15) is 30.9 Å². The second-order valence-electron chi connectivity index (χ2n) is 5.56. The zero-order valence-corrected chi connectivity index (χ0v) is 11.9.